The zero-order valence-electron chi connectivity index (χ0n) is 8.70. The maximum Gasteiger partial charge on any atom is 0.355 e. The van der Waals surface area contributed by atoms with Crippen molar-refractivity contribution in [3.05, 3.63) is 15.6 Å². The van der Waals surface area contributed by atoms with Gasteiger partial charge in [-0.15, -0.1) is 11.3 Å². The summed E-state index contributed by atoms with van der Waals surface area (Å²) in [5.74, 6) is -1.20. The molecule has 1 aromatic rings. The van der Waals surface area contributed by atoms with Crippen LogP contribution in [-0.4, -0.2) is 22.0 Å². The van der Waals surface area contributed by atoms with Gasteiger partial charge in [-0.1, -0.05) is 0 Å². The molecule has 1 aromatic heterocycles. The fourth-order valence-electron chi connectivity index (χ4n) is 1.17. The maximum absolute atomic E-state index is 10.8. The van der Waals surface area contributed by atoms with Crippen LogP contribution in [0.5, 0.6) is 0 Å². The number of amides is 1. The Morgan fingerprint density at radius 2 is 2.13 bits per heavy atom. The van der Waals surface area contributed by atoms with Crippen molar-refractivity contribution in [2.75, 3.05) is 0 Å². The molecule has 0 bridgehead atoms. The van der Waals surface area contributed by atoms with Gasteiger partial charge in [-0.2, -0.15) is 0 Å². The first-order chi connectivity index (χ1) is 6.91. The zero-order chi connectivity index (χ0) is 11.6. The van der Waals surface area contributed by atoms with Gasteiger partial charge < -0.3 is 10.4 Å². The highest BCUT2D eigenvalue weighted by Crippen LogP contribution is 2.22. The van der Waals surface area contributed by atoms with E-state index in [2.05, 4.69) is 10.3 Å². The summed E-state index contributed by atoms with van der Waals surface area (Å²) >= 11 is 1.29. The fraction of sp³-hybridized carbons (Fsp3) is 0.444. The minimum atomic E-state index is -1.04. The molecule has 15 heavy (non-hydrogen) atoms. The van der Waals surface area contributed by atoms with E-state index in [0.29, 0.717) is 9.88 Å². The lowest BCUT2D eigenvalue weighted by molar-refractivity contribution is -0.119. The Morgan fingerprint density at radius 3 is 2.53 bits per heavy atom. The van der Waals surface area contributed by atoms with Crippen molar-refractivity contribution in [1.29, 1.82) is 0 Å². The molecule has 0 saturated heterocycles. The number of rotatable bonds is 3. The Labute approximate surface area is 91.1 Å². The quantitative estimate of drug-likeness (QED) is 0.818. The van der Waals surface area contributed by atoms with Crippen LogP contribution in [0.1, 0.15) is 40.3 Å². The van der Waals surface area contributed by atoms with Gasteiger partial charge in [0.25, 0.3) is 0 Å². The molecule has 0 fully saturated rings. The summed E-state index contributed by atoms with van der Waals surface area (Å²) < 4.78 is 0. The fourth-order valence-corrected chi connectivity index (χ4v) is 2.08. The second-order valence-electron chi connectivity index (χ2n) is 3.18. The number of carboxylic acids is 1. The molecule has 1 amide bonds. The maximum atomic E-state index is 10.8. The normalized spacial score (nSPS) is 12.2. The molecule has 0 aliphatic heterocycles. The molecular weight excluding hydrogens is 216 g/mol. The van der Waals surface area contributed by atoms with Gasteiger partial charge in [-0.05, 0) is 13.8 Å². The summed E-state index contributed by atoms with van der Waals surface area (Å²) in [6, 6.07) is -0.251. The number of nitrogens with one attached hydrogen (secondary N) is 1. The third kappa shape index (κ3) is 2.76. The number of hydrogen-bond donors (Lipinski definition) is 2. The molecule has 6 heteroatoms. The average Bonchev–Trinajstić information content (AvgIpc) is 2.46. The molecular formula is C9H12N2O3S. The number of aromatic carboxylic acids is 1. The summed E-state index contributed by atoms with van der Waals surface area (Å²) in [5, 5.41) is 12.1. The Morgan fingerprint density at radius 1 is 1.53 bits per heavy atom. The van der Waals surface area contributed by atoms with E-state index in [-0.39, 0.29) is 17.6 Å². The van der Waals surface area contributed by atoms with Crippen molar-refractivity contribution < 1.29 is 14.7 Å². The van der Waals surface area contributed by atoms with Crippen LogP contribution >= 0.6 is 11.3 Å². The summed E-state index contributed by atoms with van der Waals surface area (Å²) in [6.45, 7) is 4.88. The van der Waals surface area contributed by atoms with Crippen LogP contribution in [0.4, 0.5) is 0 Å². The van der Waals surface area contributed by atoms with Gasteiger partial charge in [0, 0.05) is 11.8 Å². The number of aryl methyl sites for hydroxylation is 1. The van der Waals surface area contributed by atoms with E-state index in [1.54, 1.807) is 13.8 Å². The predicted octanol–water partition coefficient (Wildman–Crippen LogP) is 1.35. The molecule has 82 valence electrons. The van der Waals surface area contributed by atoms with Crippen molar-refractivity contribution in [2.24, 2.45) is 0 Å². The summed E-state index contributed by atoms with van der Waals surface area (Å²) in [6.07, 6.45) is 0. The highest BCUT2D eigenvalue weighted by molar-refractivity contribution is 7.11. The van der Waals surface area contributed by atoms with Gasteiger partial charge in [-0.3, -0.25) is 4.79 Å². The van der Waals surface area contributed by atoms with E-state index in [1.165, 1.54) is 18.3 Å². The van der Waals surface area contributed by atoms with Crippen LogP contribution in [-0.2, 0) is 4.79 Å². The smallest absolute Gasteiger partial charge is 0.355 e. The van der Waals surface area contributed by atoms with Crippen molar-refractivity contribution in [1.82, 2.24) is 10.3 Å². The first-order valence-corrected chi connectivity index (χ1v) is 5.21. The van der Waals surface area contributed by atoms with Gasteiger partial charge in [0.05, 0.1) is 6.04 Å². The second kappa shape index (κ2) is 4.39. The number of carbonyl (C=O) groups is 2. The Hall–Kier alpha value is -1.43. The van der Waals surface area contributed by atoms with E-state index < -0.39 is 5.97 Å². The third-order valence-electron chi connectivity index (χ3n) is 1.81. The first-order valence-electron chi connectivity index (χ1n) is 4.39. The van der Waals surface area contributed by atoms with Crippen LogP contribution in [0.15, 0.2) is 0 Å². The van der Waals surface area contributed by atoms with E-state index in [9.17, 15) is 9.59 Å². The largest absolute Gasteiger partial charge is 0.476 e. The van der Waals surface area contributed by atoms with Crippen LogP contribution in [0.3, 0.4) is 0 Å². The van der Waals surface area contributed by atoms with E-state index >= 15 is 0 Å². The minimum absolute atomic E-state index is 0.0622. The molecule has 1 rings (SSSR count). The lowest BCUT2D eigenvalue weighted by Gasteiger charge is -2.07. The number of carbonyl (C=O) groups excluding carboxylic acids is 1. The van der Waals surface area contributed by atoms with Gasteiger partial charge in [0.2, 0.25) is 5.91 Å². The van der Waals surface area contributed by atoms with Crippen LogP contribution in [0.25, 0.3) is 0 Å². The van der Waals surface area contributed by atoms with Crippen molar-refractivity contribution in [3.63, 3.8) is 0 Å². The summed E-state index contributed by atoms with van der Waals surface area (Å²) in [7, 11) is 0. The molecule has 0 aliphatic carbocycles. The Kier molecular flexibility index (Phi) is 3.41. The second-order valence-corrected chi connectivity index (χ2v) is 4.42. The molecule has 0 aliphatic rings. The predicted molar refractivity (Wildman–Crippen MR) is 56.0 cm³/mol. The molecule has 5 nitrogen and oxygen atoms in total. The van der Waals surface area contributed by atoms with Crippen molar-refractivity contribution >= 4 is 23.2 Å². The van der Waals surface area contributed by atoms with E-state index in [4.69, 9.17) is 5.11 Å². The topological polar surface area (TPSA) is 79.3 Å². The molecule has 0 radical (unpaired) electrons. The van der Waals surface area contributed by atoms with Gasteiger partial charge in [0.15, 0.2) is 5.69 Å². The molecule has 1 heterocycles. The highest BCUT2D eigenvalue weighted by Gasteiger charge is 2.17. The van der Waals surface area contributed by atoms with Crippen molar-refractivity contribution in [3.8, 4) is 0 Å². The number of nitrogens with zero attached hydrogens (tertiary/aromatic N) is 1. The van der Waals surface area contributed by atoms with Crippen LogP contribution in [0.2, 0.25) is 0 Å². The third-order valence-corrected chi connectivity index (χ3v) is 2.96. The number of aromatic nitrogens is 1. The highest BCUT2D eigenvalue weighted by atomic mass is 32.1. The molecule has 0 saturated carbocycles. The molecule has 2 N–H and O–H groups in total. The number of thiazole rings is 1. The first kappa shape index (κ1) is 11.6. The number of hydrogen-bond acceptors (Lipinski definition) is 4. The van der Waals surface area contributed by atoms with E-state index in [0.717, 1.165) is 0 Å². The van der Waals surface area contributed by atoms with Gasteiger partial charge in [-0.25, -0.2) is 9.78 Å². The average molecular weight is 228 g/mol. The lowest BCUT2D eigenvalue weighted by Crippen LogP contribution is -2.23. The Balaban J connectivity index is 2.91. The Bertz CT molecular complexity index is 400. The molecule has 0 aromatic carbocycles. The van der Waals surface area contributed by atoms with Gasteiger partial charge in [0.1, 0.15) is 5.01 Å². The zero-order valence-corrected chi connectivity index (χ0v) is 9.51. The summed E-state index contributed by atoms with van der Waals surface area (Å²) in [5.41, 5.74) is 0.0622. The van der Waals surface area contributed by atoms with Gasteiger partial charge >= 0.3 is 5.97 Å². The SMILES string of the molecule is CC(=O)NC(C)c1nc(C(=O)O)c(C)s1. The molecule has 1 unspecified atom stereocenters. The molecule has 1 atom stereocenters. The number of carboxylic acid groups (broad SMARTS) is 1. The van der Waals surface area contributed by atoms with Crippen molar-refractivity contribution in [2.45, 2.75) is 26.8 Å². The molecule has 0 spiro atoms. The van der Waals surface area contributed by atoms with E-state index in [1.807, 2.05) is 0 Å². The lowest BCUT2D eigenvalue weighted by atomic mass is 10.3. The van der Waals surface area contributed by atoms with Crippen LogP contribution in [0, 0.1) is 6.92 Å². The summed E-state index contributed by atoms with van der Waals surface area (Å²) in [4.78, 5) is 26.2. The van der Waals surface area contributed by atoms with Crippen LogP contribution < -0.4 is 5.32 Å². The minimum Gasteiger partial charge on any atom is -0.476 e. The standard InChI is InChI=1S/C9H12N2O3S/c1-4(10-6(3)12)8-11-7(9(13)14)5(2)15-8/h4H,1-3H3,(H,10,12)(H,13,14). The monoisotopic (exact) mass is 228 g/mol.